The molecule has 0 saturated carbocycles. The maximum absolute atomic E-state index is 12.0. The summed E-state index contributed by atoms with van der Waals surface area (Å²) < 4.78 is 0. The normalized spacial score (nSPS) is 16.9. The SMILES string of the molecule is CC(C)CCCN(C)CC(=O)N1CCNCC1. The predicted octanol–water partition coefficient (Wildman–Crippen LogP) is 0.786. The second kappa shape index (κ2) is 7.67. The van der Waals surface area contributed by atoms with Crippen LogP contribution >= 0.6 is 0 Å². The summed E-state index contributed by atoms with van der Waals surface area (Å²) >= 11 is 0. The van der Waals surface area contributed by atoms with Crippen LogP contribution in [0.4, 0.5) is 0 Å². The summed E-state index contributed by atoms with van der Waals surface area (Å²) in [5.74, 6) is 1.03. The van der Waals surface area contributed by atoms with Crippen molar-refractivity contribution in [3.63, 3.8) is 0 Å². The number of likely N-dealkylation sites (N-methyl/N-ethyl adjacent to an activating group) is 1. The van der Waals surface area contributed by atoms with Gasteiger partial charge in [-0.1, -0.05) is 13.8 Å². The zero-order valence-corrected chi connectivity index (χ0v) is 11.5. The summed E-state index contributed by atoms with van der Waals surface area (Å²) in [6, 6.07) is 0. The number of amides is 1. The molecular weight excluding hydrogens is 214 g/mol. The molecule has 0 aromatic heterocycles. The molecule has 1 saturated heterocycles. The van der Waals surface area contributed by atoms with Gasteiger partial charge in [0.1, 0.15) is 0 Å². The molecule has 0 unspecified atom stereocenters. The zero-order chi connectivity index (χ0) is 12.7. The third-order valence-electron chi connectivity index (χ3n) is 3.20. The van der Waals surface area contributed by atoms with Crippen LogP contribution in [0, 0.1) is 5.92 Å². The van der Waals surface area contributed by atoms with E-state index in [1.54, 1.807) is 0 Å². The fraction of sp³-hybridized carbons (Fsp3) is 0.923. The Kier molecular flexibility index (Phi) is 6.52. The van der Waals surface area contributed by atoms with E-state index in [0.29, 0.717) is 6.54 Å². The Morgan fingerprint density at radius 1 is 1.35 bits per heavy atom. The summed E-state index contributed by atoms with van der Waals surface area (Å²) in [6.45, 7) is 9.66. The quantitative estimate of drug-likeness (QED) is 0.747. The number of hydrogen-bond acceptors (Lipinski definition) is 3. The van der Waals surface area contributed by atoms with Gasteiger partial charge in [-0.25, -0.2) is 0 Å². The van der Waals surface area contributed by atoms with E-state index in [1.165, 1.54) is 12.8 Å². The topological polar surface area (TPSA) is 35.6 Å². The first-order chi connectivity index (χ1) is 8.09. The minimum atomic E-state index is 0.276. The lowest BCUT2D eigenvalue weighted by Gasteiger charge is -2.29. The molecule has 1 aliphatic heterocycles. The van der Waals surface area contributed by atoms with Crippen molar-refractivity contribution in [2.24, 2.45) is 5.92 Å². The molecule has 100 valence electrons. The van der Waals surface area contributed by atoms with Crippen LogP contribution in [-0.4, -0.2) is 62.0 Å². The van der Waals surface area contributed by atoms with Crippen molar-refractivity contribution in [2.75, 3.05) is 46.3 Å². The Bertz CT molecular complexity index is 225. The number of nitrogens with one attached hydrogen (secondary N) is 1. The van der Waals surface area contributed by atoms with Gasteiger partial charge >= 0.3 is 0 Å². The van der Waals surface area contributed by atoms with Gasteiger partial charge in [0, 0.05) is 26.2 Å². The minimum Gasteiger partial charge on any atom is -0.339 e. The number of carbonyl (C=O) groups is 1. The van der Waals surface area contributed by atoms with Gasteiger partial charge in [-0.3, -0.25) is 9.69 Å². The van der Waals surface area contributed by atoms with E-state index in [-0.39, 0.29) is 5.91 Å². The number of carbonyl (C=O) groups excluding carboxylic acids is 1. The van der Waals surface area contributed by atoms with Gasteiger partial charge in [0.05, 0.1) is 6.54 Å². The molecule has 1 amide bonds. The van der Waals surface area contributed by atoms with Gasteiger partial charge in [-0.15, -0.1) is 0 Å². The van der Waals surface area contributed by atoms with Crippen LogP contribution in [0.3, 0.4) is 0 Å². The molecule has 1 N–H and O–H groups in total. The highest BCUT2D eigenvalue weighted by Gasteiger charge is 2.17. The van der Waals surface area contributed by atoms with Crippen LogP contribution in [0.2, 0.25) is 0 Å². The minimum absolute atomic E-state index is 0.276. The molecule has 0 bridgehead atoms. The summed E-state index contributed by atoms with van der Waals surface area (Å²) in [5, 5.41) is 3.26. The van der Waals surface area contributed by atoms with Crippen LogP contribution in [0.15, 0.2) is 0 Å². The van der Waals surface area contributed by atoms with E-state index >= 15 is 0 Å². The van der Waals surface area contributed by atoms with Crippen LogP contribution in [-0.2, 0) is 4.79 Å². The number of hydrogen-bond donors (Lipinski definition) is 1. The Balaban J connectivity index is 2.15. The first-order valence-corrected chi connectivity index (χ1v) is 6.76. The van der Waals surface area contributed by atoms with Crippen molar-refractivity contribution < 1.29 is 4.79 Å². The molecule has 0 spiro atoms. The Morgan fingerprint density at radius 3 is 2.59 bits per heavy atom. The van der Waals surface area contributed by atoms with Crippen molar-refractivity contribution in [1.82, 2.24) is 15.1 Å². The van der Waals surface area contributed by atoms with E-state index < -0.39 is 0 Å². The fourth-order valence-electron chi connectivity index (χ4n) is 2.09. The largest absolute Gasteiger partial charge is 0.339 e. The highest BCUT2D eigenvalue weighted by atomic mass is 16.2. The van der Waals surface area contributed by atoms with Crippen LogP contribution in [0.5, 0.6) is 0 Å². The summed E-state index contributed by atoms with van der Waals surface area (Å²) in [7, 11) is 2.04. The Morgan fingerprint density at radius 2 is 2.00 bits per heavy atom. The van der Waals surface area contributed by atoms with Gasteiger partial charge in [0.2, 0.25) is 5.91 Å². The van der Waals surface area contributed by atoms with Crippen molar-refractivity contribution >= 4 is 5.91 Å². The molecule has 0 radical (unpaired) electrons. The molecular formula is C13H27N3O. The molecule has 0 aromatic rings. The number of piperazine rings is 1. The highest BCUT2D eigenvalue weighted by Crippen LogP contribution is 2.04. The lowest BCUT2D eigenvalue weighted by atomic mass is 10.1. The molecule has 4 heteroatoms. The second-order valence-corrected chi connectivity index (χ2v) is 5.40. The zero-order valence-electron chi connectivity index (χ0n) is 11.5. The van der Waals surface area contributed by atoms with Crippen molar-refractivity contribution in [3.05, 3.63) is 0 Å². The highest BCUT2D eigenvalue weighted by molar-refractivity contribution is 5.78. The summed E-state index contributed by atoms with van der Waals surface area (Å²) in [4.78, 5) is 16.1. The van der Waals surface area contributed by atoms with Crippen LogP contribution in [0.1, 0.15) is 26.7 Å². The van der Waals surface area contributed by atoms with Gasteiger partial charge < -0.3 is 10.2 Å². The fourth-order valence-corrected chi connectivity index (χ4v) is 2.09. The van der Waals surface area contributed by atoms with Gasteiger partial charge in [0.15, 0.2) is 0 Å². The lowest BCUT2D eigenvalue weighted by Crippen LogP contribution is -2.49. The van der Waals surface area contributed by atoms with Crippen LogP contribution in [0.25, 0.3) is 0 Å². The van der Waals surface area contributed by atoms with E-state index in [9.17, 15) is 4.79 Å². The van der Waals surface area contributed by atoms with Gasteiger partial charge in [-0.05, 0) is 32.4 Å². The summed E-state index contributed by atoms with van der Waals surface area (Å²) in [5.41, 5.74) is 0. The smallest absolute Gasteiger partial charge is 0.236 e. The molecule has 0 aliphatic carbocycles. The third-order valence-corrected chi connectivity index (χ3v) is 3.20. The molecule has 1 heterocycles. The monoisotopic (exact) mass is 241 g/mol. The number of nitrogens with zero attached hydrogens (tertiary/aromatic N) is 2. The van der Waals surface area contributed by atoms with E-state index in [0.717, 1.165) is 38.6 Å². The molecule has 17 heavy (non-hydrogen) atoms. The van der Waals surface area contributed by atoms with E-state index in [4.69, 9.17) is 0 Å². The molecule has 0 aromatic carbocycles. The van der Waals surface area contributed by atoms with Crippen molar-refractivity contribution in [2.45, 2.75) is 26.7 Å². The lowest BCUT2D eigenvalue weighted by molar-refractivity contribution is -0.132. The maximum atomic E-state index is 12.0. The van der Waals surface area contributed by atoms with Gasteiger partial charge in [0.25, 0.3) is 0 Å². The predicted molar refractivity (Wildman–Crippen MR) is 71.0 cm³/mol. The van der Waals surface area contributed by atoms with E-state index in [2.05, 4.69) is 24.1 Å². The van der Waals surface area contributed by atoms with Crippen molar-refractivity contribution in [3.8, 4) is 0 Å². The van der Waals surface area contributed by atoms with Crippen LogP contribution < -0.4 is 5.32 Å². The first-order valence-electron chi connectivity index (χ1n) is 6.76. The molecule has 1 rings (SSSR count). The maximum Gasteiger partial charge on any atom is 0.236 e. The standard InChI is InChI=1S/C13H27N3O/c1-12(2)5-4-8-15(3)11-13(17)16-9-6-14-7-10-16/h12,14H,4-11H2,1-3H3. The molecule has 0 atom stereocenters. The average molecular weight is 241 g/mol. The van der Waals surface area contributed by atoms with Gasteiger partial charge in [-0.2, -0.15) is 0 Å². The van der Waals surface area contributed by atoms with E-state index in [1.807, 2.05) is 11.9 Å². The molecule has 4 nitrogen and oxygen atoms in total. The molecule has 1 fully saturated rings. The van der Waals surface area contributed by atoms with Crippen molar-refractivity contribution in [1.29, 1.82) is 0 Å². The summed E-state index contributed by atoms with van der Waals surface area (Å²) in [6.07, 6.45) is 2.43. The Labute approximate surface area is 105 Å². The third kappa shape index (κ3) is 6.03. The Hall–Kier alpha value is -0.610. The number of rotatable bonds is 6. The first kappa shape index (κ1) is 14.5. The second-order valence-electron chi connectivity index (χ2n) is 5.40. The molecule has 1 aliphatic rings. The average Bonchev–Trinajstić information content (AvgIpc) is 2.29.